The van der Waals surface area contributed by atoms with Crippen molar-refractivity contribution in [3.05, 3.63) is 24.2 Å². The van der Waals surface area contributed by atoms with Crippen molar-refractivity contribution < 1.29 is 27.2 Å². The number of hydrogen-bond donors (Lipinski definition) is 2. The highest BCUT2D eigenvalue weighted by atomic mass is 32.2. The number of nitrogens with zero attached hydrogens (tertiary/aromatic N) is 1. The van der Waals surface area contributed by atoms with Crippen molar-refractivity contribution >= 4 is 27.7 Å². The smallest absolute Gasteiger partial charge is 0.325 e. The molecule has 0 saturated carbocycles. The van der Waals surface area contributed by atoms with Gasteiger partial charge in [-0.1, -0.05) is 0 Å². The summed E-state index contributed by atoms with van der Waals surface area (Å²) in [4.78, 5) is 37.2. The van der Waals surface area contributed by atoms with Crippen LogP contribution in [0.2, 0.25) is 0 Å². The summed E-state index contributed by atoms with van der Waals surface area (Å²) >= 11 is 0. The number of imide groups is 1. The number of sulfone groups is 1. The van der Waals surface area contributed by atoms with E-state index in [0.29, 0.717) is 12.2 Å². The van der Waals surface area contributed by atoms with Gasteiger partial charge in [-0.2, -0.15) is 0 Å². The van der Waals surface area contributed by atoms with Crippen LogP contribution in [0.1, 0.15) is 25.0 Å². The molecular formula is C15H19N3O6S. The zero-order valence-electron chi connectivity index (χ0n) is 13.4. The standard InChI is InChI=1S/C15H19N3O6S/c19-13(16-10-5-7-25(22,23)9-10)4-3-12-14(20)18(15(21)17-12)8-11-2-1-6-24-11/h1-2,6,10,12H,3-5,7-9H2,(H,16,19)(H,17,21)/t10-,12+/m1/s1. The Hall–Kier alpha value is -2.36. The molecule has 2 aliphatic heterocycles. The van der Waals surface area contributed by atoms with Crippen molar-refractivity contribution in [2.45, 2.75) is 37.9 Å². The number of amides is 4. The minimum Gasteiger partial charge on any atom is -0.467 e. The molecule has 25 heavy (non-hydrogen) atoms. The molecule has 0 aromatic carbocycles. The van der Waals surface area contributed by atoms with E-state index in [0.717, 1.165) is 4.90 Å². The van der Waals surface area contributed by atoms with Crippen LogP contribution in [0.4, 0.5) is 4.79 Å². The molecule has 2 fully saturated rings. The normalized spacial score (nSPS) is 25.2. The summed E-state index contributed by atoms with van der Waals surface area (Å²) < 4.78 is 27.9. The average molecular weight is 369 g/mol. The topological polar surface area (TPSA) is 126 Å². The third-order valence-electron chi connectivity index (χ3n) is 4.26. The maximum absolute atomic E-state index is 12.3. The molecule has 2 atom stereocenters. The number of hydrogen-bond acceptors (Lipinski definition) is 6. The lowest BCUT2D eigenvalue weighted by Gasteiger charge is -2.13. The third-order valence-corrected chi connectivity index (χ3v) is 6.03. The zero-order valence-corrected chi connectivity index (χ0v) is 14.3. The monoisotopic (exact) mass is 369 g/mol. The number of carbonyl (C=O) groups excluding carboxylic acids is 3. The first-order valence-electron chi connectivity index (χ1n) is 7.98. The summed E-state index contributed by atoms with van der Waals surface area (Å²) in [5, 5.41) is 5.21. The summed E-state index contributed by atoms with van der Waals surface area (Å²) in [6, 6.07) is 1.67. The van der Waals surface area contributed by atoms with E-state index in [9.17, 15) is 22.8 Å². The SMILES string of the molecule is O=C(CC[C@@H]1NC(=O)N(Cc2ccco2)C1=O)N[C@@H]1CCS(=O)(=O)C1. The summed E-state index contributed by atoms with van der Waals surface area (Å²) in [5.41, 5.74) is 0. The highest BCUT2D eigenvalue weighted by Gasteiger charge is 2.38. The van der Waals surface area contributed by atoms with Gasteiger partial charge in [0.05, 0.1) is 24.3 Å². The predicted octanol–water partition coefficient (Wildman–Crippen LogP) is -0.216. The molecule has 0 spiro atoms. The fraction of sp³-hybridized carbons (Fsp3) is 0.533. The van der Waals surface area contributed by atoms with Crippen LogP contribution in [-0.2, 0) is 26.0 Å². The number of nitrogens with one attached hydrogen (secondary N) is 2. The molecule has 0 aliphatic carbocycles. The molecule has 4 amide bonds. The highest BCUT2D eigenvalue weighted by Crippen LogP contribution is 2.16. The van der Waals surface area contributed by atoms with Crippen molar-refractivity contribution in [2.75, 3.05) is 11.5 Å². The quantitative estimate of drug-likeness (QED) is 0.668. The van der Waals surface area contributed by atoms with Gasteiger partial charge in [-0.25, -0.2) is 13.2 Å². The number of furan rings is 1. The Kier molecular flexibility index (Phi) is 4.80. The Bertz CT molecular complexity index is 773. The molecule has 3 rings (SSSR count). The van der Waals surface area contributed by atoms with E-state index in [-0.39, 0.29) is 42.8 Å². The maximum atomic E-state index is 12.3. The van der Waals surface area contributed by atoms with Gasteiger partial charge in [-0.05, 0) is 25.0 Å². The van der Waals surface area contributed by atoms with Crippen LogP contribution in [0.25, 0.3) is 0 Å². The summed E-state index contributed by atoms with van der Waals surface area (Å²) in [6.45, 7) is 0.0420. The second-order valence-corrected chi connectivity index (χ2v) is 8.44. The summed E-state index contributed by atoms with van der Waals surface area (Å²) in [6.07, 6.45) is 2.05. The van der Waals surface area contributed by atoms with Crippen molar-refractivity contribution in [2.24, 2.45) is 0 Å². The van der Waals surface area contributed by atoms with Crippen molar-refractivity contribution in [3.63, 3.8) is 0 Å². The maximum Gasteiger partial charge on any atom is 0.325 e. The minimum atomic E-state index is -3.06. The molecule has 136 valence electrons. The van der Waals surface area contributed by atoms with Gasteiger partial charge in [-0.3, -0.25) is 14.5 Å². The van der Waals surface area contributed by atoms with Gasteiger partial charge < -0.3 is 15.1 Å². The largest absolute Gasteiger partial charge is 0.467 e. The first-order valence-corrected chi connectivity index (χ1v) is 9.80. The third kappa shape index (κ3) is 4.19. The summed E-state index contributed by atoms with van der Waals surface area (Å²) in [5.74, 6) is -0.207. The van der Waals surface area contributed by atoms with Crippen LogP contribution in [0.15, 0.2) is 22.8 Å². The molecule has 10 heteroatoms. The second-order valence-electron chi connectivity index (χ2n) is 6.21. The molecule has 2 N–H and O–H groups in total. The molecule has 0 unspecified atom stereocenters. The first kappa shape index (κ1) is 17.5. The van der Waals surface area contributed by atoms with Crippen LogP contribution in [0.3, 0.4) is 0 Å². The lowest BCUT2D eigenvalue weighted by Crippen LogP contribution is -2.37. The van der Waals surface area contributed by atoms with Crippen LogP contribution in [0.5, 0.6) is 0 Å². The Labute approximate surface area is 144 Å². The van der Waals surface area contributed by atoms with E-state index in [1.54, 1.807) is 12.1 Å². The van der Waals surface area contributed by atoms with Gasteiger partial charge in [0.1, 0.15) is 11.8 Å². The molecule has 0 radical (unpaired) electrons. The molecular weight excluding hydrogens is 350 g/mol. The second kappa shape index (κ2) is 6.87. The van der Waals surface area contributed by atoms with Crippen molar-refractivity contribution in [1.82, 2.24) is 15.5 Å². The number of urea groups is 1. The van der Waals surface area contributed by atoms with E-state index >= 15 is 0 Å². The Morgan fingerprint density at radius 2 is 2.20 bits per heavy atom. The minimum absolute atomic E-state index is 0.0296. The van der Waals surface area contributed by atoms with Crippen LogP contribution in [0, 0.1) is 0 Å². The molecule has 2 saturated heterocycles. The van der Waals surface area contributed by atoms with E-state index in [1.807, 2.05) is 0 Å². The Morgan fingerprint density at radius 1 is 1.40 bits per heavy atom. The van der Waals surface area contributed by atoms with Gasteiger partial charge in [0.25, 0.3) is 5.91 Å². The Morgan fingerprint density at radius 3 is 2.84 bits per heavy atom. The molecule has 0 bridgehead atoms. The molecule has 1 aromatic heterocycles. The van der Waals surface area contributed by atoms with Crippen LogP contribution < -0.4 is 10.6 Å². The fourth-order valence-corrected chi connectivity index (χ4v) is 4.64. The van der Waals surface area contributed by atoms with E-state index < -0.39 is 27.8 Å². The fourth-order valence-electron chi connectivity index (χ4n) is 2.96. The highest BCUT2D eigenvalue weighted by molar-refractivity contribution is 7.91. The lowest BCUT2D eigenvalue weighted by molar-refractivity contribution is -0.128. The molecule has 9 nitrogen and oxygen atoms in total. The van der Waals surface area contributed by atoms with E-state index in [2.05, 4.69) is 10.6 Å². The number of carbonyl (C=O) groups is 3. The van der Waals surface area contributed by atoms with Gasteiger partial charge in [0.2, 0.25) is 5.91 Å². The first-order chi connectivity index (χ1) is 11.8. The zero-order chi connectivity index (χ0) is 18.0. The molecule has 2 aliphatic rings. The molecule has 3 heterocycles. The molecule has 1 aromatic rings. The lowest BCUT2D eigenvalue weighted by atomic mass is 10.1. The van der Waals surface area contributed by atoms with Gasteiger partial charge in [0.15, 0.2) is 9.84 Å². The predicted molar refractivity (Wildman–Crippen MR) is 86.0 cm³/mol. The average Bonchev–Trinajstić information content (AvgIpc) is 3.22. The van der Waals surface area contributed by atoms with Crippen molar-refractivity contribution in [3.8, 4) is 0 Å². The van der Waals surface area contributed by atoms with Crippen LogP contribution >= 0.6 is 0 Å². The van der Waals surface area contributed by atoms with E-state index in [1.165, 1.54) is 6.26 Å². The van der Waals surface area contributed by atoms with Gasteiger partial charge >= 0.3 is 6.03 Å². The van der Waals surface area contributed by atoms with Gasteiger partial charge in [0, 0.05) is 12.5 Å². The number of rotatable bonds is 6. The van der Waals surface area contributed by atoms with Crippen LogP contribution in [-0.4, -0.2) is 54.8 Å². The summed E-state index contributed by atoms with van der Waals surface area (Å²) in [7, 11) is -3.06. The van der Waals surface area contributed by atoms with Crippen molar-refractivity contribution in [1.29, 1.82) is 0 Å². The van der Waals surface area contributed by atoms with E-state index in [4.69, 9.17) is 4.42 Å². The van der Waals surface area contributed by atoms with Gasteiger partial charge in [-0.15, -0.1) is 0 Å². The Balaban J connectivity index is 1.47.